The molecule has 0 aliphatic carbocycles. The highest BCUT2D eigenvalue weighted by Crippen LogP contribution is 2.31. The third kappa shape index (κ3) is 6.88. The van der Waals surface area contributed by atoms with Crippen molar-refractivity contribution in [2.45, 2.75) is 18.9 Å². The Morgan fingerprint density at radius 1 is 1.10 bits per heavy atom. The number of aromatic nitrogens is 1. The van der Waals surface area contributed by atoms with Crippen molar-refractivity contribution in [3.05, 3.63) is 95.1 Å². The number of methoxy groups -OCH3 is 1. The fourth-order valence-electron chi connectivity index (χ4n) is 4.47. The highest BCUT2D eigenvalue weighted by Gasteiger charge is 2.32. The Balaban J connectivity index is 1.68. The van der Waals surface area contributed by atoms with Crippen molar-refractivity contribution in [1.29, 1.82) is 5.41 Å². The molecule has 1 heterocycles. The number of H-pyrrole nitrogens is 1. The van der Waals surface area contributed by atoms with Crippen LogP contribution in [0.2, 0.25) is 5.02 Å². The van der Waals surface area contributed by atoms with E-state index in [1.54, 1.807) is 48.4 Å². The van der Waals surface area contributed by atoms with Crippen LogP contribution in [0.5, 0.6) is 5.75 Å². The maximum Gasteiger partial charge on any atom is 0.251 e. The summed E-state index contributed by atoms with van der Waals surface area (Å²) in [5.74, 6) is -0.153. The van der Waals surface area contributed by atoms with Crippen molar-refractivity contribution in [2.75, 3.05) is 25.5 Å². The topological polar surface area (TPSA) is 136 Å². The second-order valence-corrected chi connectivity index (χ2v) is 9.34. The lowest BCUT2D eigenvalue weighted by Crippen LogP contribution is -2.44. The molecule has 9 nitrogen and oxygen atoms in total. The number of hydrogen-bond acceptors (Lipinski definition) is 4. The van der Waals surface area contributed by atoms with Crippen molar-refractivity contribution < 1.29 is 14.3 Å². The van der Waals surface area contributed by atoms with E-state index < -0.39 is 6.04 Å². The number of carbonyl (C=O) groups excluding carboxylic acids is 2. The lowest BCUT2D eigenvalue weighted by atomic mass is 10.0. The Morgan fingerprint density at radius 3 is 2.56 bits per heavy atom. The molecule has 3 aromatic carbocycles. The van der Waals surface area contributed by atoms with Crippen LogP contribution in [0.4, 0.5) is 5.69 Å². The molecule has 0 aliphatic rings. The van der Waals surface area contributed by atoms with Gasteiger partial charge in [0, 0.05) is 58.9 Å². The van der Waals surface area contributed by atoms with Gasteiger partial charge in [0.15, 0.2) is 5.96 Å². The van der Waals surface area contributed by atoms with Gasteiger partial charge in [-0.1, -0.05) is 48.0 Å². The number of fused-ring (bicyclic) bond motifs is 1. The molecular weight excluding hydrogens is 516 g/mol. The summed E-state index contributed by atoms with van der Waals surface area (Å²) in [7, 11) is 1.62. The molecule has 0 fully saturated rings. The van der Waals surface area contributed by atoms with Gasteiger partial charge in [0.05, 0.1) is 7.11 Å². The molecule has 0 saturated carbocycles. The summed E-state index contributed by atoms with van der Waals surface area (Å²) >= 11 is 6.58. The van der Waals surface area contributed by atoms with Gasteiger partial charge in [-0.05, 0) is 42.3 Å². The van der Waals surface area contributed by atoms with E-state index in [1.807, 2.05) is 42.6 Å². The minimum absolute atomic E-state index is 0.0320. The van der Waals surface area contributed by atoms with Gasteiger partial charge in [-0.15, -0.1) is 0 Å². The van der Waals surface area contributed by atoms with Crippen LogP contribution in [0.15, 0.2) is 79.0 Å². The maximum absolute atomic E-state index is 13.8. The molecule has 4 rings (SSSR count). The Kier molecular flexibility index (Phi) is 9.06. The molecule has 10 heteroatoms. The number of ether oxygens (including phenoxy) is 1. The van der Waals surface area contributed by atoms with Gasteiger partial charge in [0.2, 0.25) is 5.91 Å². The van der Waals surface area contributed by atoms with E-state index in [4.69, 9.17) is 27.5 Å². The van der Waals surface area contributed by atoms with Gasteiger partial charge in [-0.2, -0.15) is 0 Å². The summed E-state index contributed by atoms with van der Waals surface area (Å²) in [6.07, 6.45) is 2.42. The van der Waals surface area contributed by atoms with Crippen LogP contribution in [-0.2, 0) is 16.0 Å². The first-order valence-electron chi connectivity index (χ1n) is 12.5. The van der Waals surface area contributed by atoms with Crippen molar-refractivity contribution in [3.63, 3.8) is 0 Å². The summed E-state index contributed by atoms with van der Waals surface area (Å²) in [5.41, 5.74) is 8.44. The van der Waals surface area contributed by atoms with Crippen molar-refractivity contribution in [2.24, 2.45) is 5.73 Å². The quantitative estimate of drug-likeness (QED) is 0.140. The number of halogens is 1. The van der Waals surface area contributed by atoms with Crippen molar-refractivity contribution in [3.8, 4) is 5.75 Å². The zero-order valence-corrected chi connectivity index (χ0v) is 22.3. The van der Waals surface area contributed by atoms with Crippen LogP contribution in [0.3, 0.4) is 0 Å². The number of nitrogens with zero attached hydrogens (tertiary/aromatic N) is 1. The van der Waals surface area contributed by atoms with Crippen LogP contribution in [0.1, 0.15) is 23.6 Å². The molecule has 0 aliphatic heterocycles. The smallest absolute Gasteiger partial charge is 0.251 e. The van der Waals surface area contributed by atoms with Crippen LogP contribution in [0, 0.1) is 5.41 Å². The molecular formula is C29H31ClN6O3. The first-order valence-corrected chi connectivity index (χ1v) is 12.9. The van der Waals surface area contributed by atoms with Crippen LogP contribution in [0.25, 0.3) is 10.9 Å². The number of hydrogen-bond donors (Lipinski definition) is 5. The van der Waals surface area contributed by atoms with Gasteiger partial charge < -0.3 is 31.0 Å². The number of aromatic amines is 1. The molecule has 2 amide bonds. The summed E-state index contributed by atoms with van der Waals surface area (Å²) < 4.78 is 5.32. The molecule has 1 aromatic heterocycles. The zero-order chi connectivity index (χ0) is 27.8. The highest BCUT2D eigenvalue weighted by atomic mass is 35.5. The van der Waals surface area contributed by atoms with Gasteiger partial charge in [-0.25, -0.2) is 0 Å². The number of para-hydroxylation sites is 1. The van der Waals surface area contributed by atoms with E-state index in [0.717, 1.165) is 22.2 Å². The third-order valence-electron chi connectivity index (χ3n) is 6.37. The predicted octanol–water partition coefficient (Wildman–Crippen LogP) is 4.45. The molecule has 4 aromatic rings. The number of benzene rings is 3. The molecule has 1 unspecified atom stereocenters. The number of carbonyl (C=O) groups is 2. The van der Waals surface area contributed by atoms with E-state index in [9.17, 15) is 9.59 Å². The minimum Gasteiger partial charge on any atom is -0.497 e. The highest BCUT2D eigenvalue weighted by molar-refractivity contribution is 6.31. The van der Waals surface area contributed by atoms with Crippen LogP contribution >= 0.6 is 11.6 Å². The molecule has 0 bridgehead atoms. The lowest BCUT2D eigenvalue weighted by molar-refractivity contribution is -0.138. The standard InChI is InChI=1S/C29H31ClN6O3/c1-39-21-11-12-22-19(18-34-25(22)17-21)14-16-36(26(37)13-15-33-29(31)32)27(23-9-5-6-10-24(23)30)28(38)35-20-7-3-2-4-8-20/h2-12,17-18,27,34H,13-16H2,1H3,(H,35,38)(H4,31,32,33). The Bertz CT molecular complexity index is 1460. The molecule has 0 saturated heterocycles. The van der Waals surface area contributed by atoms with E-state index in [0.29, 0.717) is 22.7 Å². The fraction of sp³-hybridized carbons (Fsp3) is 0.207. The van der Waals surface area contributed by atoms with E-state index in [2.05, 4.69) is 15.6 Å². The largest absolute Gasteiger partial charge is 0.497 e. The second kappa shape index (κ2) is 12.8. The zero-order valence-electron chi connectivity index (χ0n) is 21.5. The lowest BCUT2D eigenvalue weighted by Gasteiger charge is -2.32. The summed E-state index contributed by atoms with van der Waals surface area (Å²) in [5, 5.41) is 14.4. The SMILES string of the molecule is COc1ccc2c(CCN(C(=O)CCNC(=N)N)C(C(=O)Nc3ccccc3)c3ccccc3Cl)c[nH]c2c1. The average molecular weight is 547 g/mol. The number of anilines is 1. The number of amides is 2. The maximum atomic E-state index is 13.8. The number of nitrogens with one attached hydrogen (secondary N) is 4. The van der Waals surface area contributed by atoms with E-state index in [-0.39, 0.29) is 37.3 Å². The van der Waals surface area contributed by atoms with Crippen LogP contribution in [-0.4, -0.2) is 47.9 Å². The molecule has 0 spiro atoms. The number of guanidine groups is 1. The second-order valence-electron chi connectivity index (χ2n) is 8.93. The number of rotatable bonds is 11. The predicted molar refractivity (Wildman–Crippen MR) is 154 cm³/mol. The van der Waals surface area contributed by atoms with Gasteiger partial charge in [0.1, 0.15) is 11.8 Å². The summed E-state index contributed by atoms with van der Waals surface area (Å²) in [4.78, 5) is 32.2. The van der Waals surface area contributed by atoms with Crippen LogP contribution < -0.4 is 21.1 Å². The normalized spacial score (nSPS) is 11.5. The first kappa shape index (κ1) is 27.5. The van der Waals surface area contributed by atoms with Crippen molar-refractivity contribution in [1.82, 2.24) is 15.2 Å². The Labute approximate surface area is 231 Å². The van der Waals surface area contributed by atoms with Crippen molar-refractivity contribution >= 4 is 46.0 Å². The van der Waals surface area contributed by atoms with E-state index in [1.165, 1.54) is 0 Å². The Morgan fingerprint density at radius 2 is 1.85 bits per heavy atom. The van der Waals surface area contributed by atoms with Gasteiger partial charge in [0.25, 0.3) is 5.91 Å². The molecule has 39 heavy (non-hydrogen) atoms. The summed E-state index contributed by atoms with van der Waals surface area (Å²) in [6, 6.07) is 20.9. The van der Waals surface area contributed by atoms with Gasteiger partial charge in [-0.3, -0.25) is 15.0 Å². The first-order chi connectivity index (χ1) is 18.9. The molecule has 202 valence electrons. The number of nitrogens with two attached hydrogens (primary N) is 1. The van der Waals surface area contributed by atoms with Gasteiger partial charge >= 0.3 is 0 Å². The average Bonchev–Trinajstić information content (AvgIpc) is 3.34. The third-order valence-corrected chi connectivity index (χ3v) is 6.72. The minimum atomic E-state index is -0.992. The summed E-state index contributed by atoms with van der Waals surface area (Å²) in [6.45, 7) is 0.406. The van der Waals surface area contributed by atoms with E-state index >= 15 is 0 Å². The fourth-order valence-corrected chi connectivity index (χ4v) is 4.70. The monoisotopic (exact) mass is 546 g/mol. The molecule has 1 atom stereocenters. The molecule has 6 N–H and O–H groups in total. The molecule has 0 radical (unpaired) electrons. The Hall–Kier alpha value is -4.50.